The van der Waals surface area contributed by atoms with E-state index in [9.17, 15) is 14.4 Å². The lowest BCUT2D eigenvalue weighted by molar-refractivity contribution is -0.127. The first-order valence-electron chi connectivity index (χ1n) is 11.8. The van der Waals surface area contributed by atoms with Crippen LogP contribution in [-0.4, -0.2) is 17.9 Å². The van der Waals surface area contributed by atoms with Gasteiger partial charge in [-0.1, -0.05) is 49.9 Å². The Kier molecular flexibility index (Phi) is 5.52. The van der Waals surface area contributed by atoms with E-state index in [1.54, 1.807) is 19.1 Å². The molecule has 1 saturated carbocycles. The highest BCUT2D eigenvalue weighted by Gasteiger charge is 2.42. The average Bonchev–Trinajstić information content (AvgIpc) is 2.84. The zero-order valence-corrected chi connectivity index (χ0v) is 19.0. The number of hydrogen-bond donors (Lipinski definition) is 1. The fraction of sp³-hybridized carbons (Fsp3) is 0.370. The molecule has 170 valence electrons. The van der Waals surface area contributed by atoms with E-state index in [4.69, 9.17) is 4.42 Å². The molecule has 0 saturated heterocycles. The monoisotopic (exact) mass is 444 g/mol. The van der Waals surface area contributed by atoms with E-state index < -0.39 is 6.04 Å². The number of amides is 2. The van der Waals surface area contributed by atoms with Crippen LogP contribution in [0, 0.1) is 6.92 Å². The Labute approximate surface area is 192 Å². The molecule has 2 heterocycles. The summed E-state index contributed by atoms with van der Waals surface area (Å²) in [5.41, 5.74) is 2.62. The fourth-order valence-corrected chi connectivity index (χ4v) is 5.14. The smallest absolute Gasteiger partial charge is 0.248 e. The third-order valence-electron chi connectivity index (χ3n) is 6.79. The predicted octanol–water partition coefficient (Wildman–Crippen LogP) is 5.02. The molecule has 1 aliphatic heterocycles. The largest absolute Gasteiger partial charge is 0.455 e. The maximum atomic E-state index is 13.8. The summed E-state index contributed by atoms with van der Waals surface area (Å²) >= 11 is 0. The van der Waals surface area contributed by atoms with Crippen molar-refractivity contribution in [2.75, 3.05) is 4.90 Å². The molecule has 6 heteroatoms. The van der Waals surface area contributed by atoms with Gasteiger partial charge >= 0.3 is 0 Å². The van der Waals surface area contributed by atoms with Crippen LogP contribution in [0.2, 0.25) is 0 Å². The summed E-state index contributed by atoms with van der Waals surface area (Å²) in [5, 5.41) is 3.57. The van der Waals surface area contributed by atoms with Crippen molar-refractivity contribution in [2.45, 2.75) is 64.5 Å². The van der Waals surface area contributed by atoms with Gasteiger partial charge in [-0.05, 0) is 44.0 Å². The van der Waals surface area contributed by atoms with Gasteiger partial charge in [-0.15, -0.1) is 0 Å². The molecule has 1 aromatic heterocycles. The zero-order chi connectivity index (χ0) is 23.1. The number of carbonyl (C=O) groups excluding carboxylic acids is 2. The van der Waals surface area contributed by atoms with Gasteiger partial charge in [-0.3, -0.25) is 19.3 Å². The van der Waals surface area contributed by atoms with E-state index in [1.807, 2.05) is 37.3 Å². The van der Waals surface area contributed by atoms with Gasteiger partial charge < -0.3 is 9.73 Å². The highest BCUT2D eigenvalue weighted by atomic mass is 16.3. The Morgan fingerprint density at radius 3 is 2.61 bits per heavy atom. The lowest BCUT2D eigenvalue weighted by atomic mass is 9.89. The topological polar surface area (TPSA) is 79.6 Å². The van der Waals surface area contributed by atoms with Crippen molar-refractivity contribution in [3.63, 3.8) is 0 Å². The van der Waals surface area contributed by atoms with Gasteiger partial charge in [0.2, 0.25) is 11.8 Å². The minimum atomic E-state index is -1.06. The average molecular weight is 445 g/mol. The van der Waals surface area contributed by atoms with E-state index >= 15 is 0 Å². The lowest BCUT2D eigenvalue weighted by Crippen LogP contribution is -2.50. The molecular formula is C27H28N2O4. The van der Waals surface area contributed by atoms with Crippen molar-refractivity contribution < 1.29 is 14.0 Å². The van der Waals surface area contributed by atoms with Gasteiger partial charge in [-0.25, -0.2) is 0 Å². The molecule has 2 amide bonds. The number of anilines is 1. The molecule has 1 aliphatic carbocycles. The van der Waals surface area contributed by atoms with E-state index in [2.05, 4.69) is 5.32 Å². The van der Waals surface area contributed by atoms with Crippen LogP contribution in [0.25, 0.3) is 22.3 Å². The van der Waals surface area contributed by atoms with Crippen molar-refractivity contribution in [2.24, 2.45) is 0 Å². The number of fused-ring (bicyclic) bond motifs is 4. The summed E-state index contributed by atoms with van der Waals surface area (Å²) in [4.78, 5) is 42.2. The third-order valence-corrected chi connectivity index (χ3v) is 6.79. The molecule has 3 aromatic rings. The summed E-state index contributed by atoms with van der Waals surface area (Å²) < 4.78 is 6.26. The quantitative estimate of drug-likeness (QED) is 0.616. The van der Waals surface area contributed by atoms with Crippen molar-refractivity contribution >= 4 is 28.5 Å². The normalized spacial score (nSPS) is 18.0. The molecule has 6 nitrogen and oxygen atoms in total. The third kappa shape index (κ3) is 3.63. The Hall–Kier alpha value is -3.41. The zero-order valence-electron chi connectivity index (χ0n) is 19.0. The number of para-hydroxylation sites is 1. The van der Waals surface area contributed by atoms with Gasteiger partial charge in [0.15, 0.2) is 5.43 Å². The Morgan fingerprint density at radius 1 is 1.09 bits per heavy atom. The SMILES string of the molecule is CCC(=O)N1c2ccccc2-c2oc3ccc(C)cc3c(=O)c2C1C(=O)NC1CCCCC1. The van der Waals surface area contributed by atoms with Crippen LogP contribution in [0.5, 0.6) is 0 Å². The van der Waals surface area contributed by atoms with Gasteiger partial charge in [0, 0.05) is 18.0 Å². The molecule has 1 N–H and O–H groups in total. The van der Waals surface area contributed by atoms with Gasteiger partial charge in [0.25, 0.3) is 0 Å². The Morgan fingerprint density at radius 2 is 1.85 bits per heavy atom. The predicted molar refractivity (Wildman–Crippen MR) is 128 cm³/mol. The van der Waals surface area contributed by atoms with Crippen LogP contribution < -0.4 is 15.6 Å². The molecule has 2 aromatic carbocycles. The van der Waals surface area contributed by atoms with Crippen LogP contribution in [0.4, 0.5) is 5.69 Å². The second-order valence-electron chi connectivity index (χ2n) is 9.05. The van der Waals surface area contributed by atoms with Gasteiger partial charge in [0.05, 0.1) is 16.6 Å². The Balaban J connectivity index is 1.75. The van der Waals surface area contributed by atoms with Crippen LogP contribution in [-0.2, 0) is 9.59 Å². The van der Waals surface area contributed by atoms with Crippen molar-refractivity contribution in [1.29, 1.82) is 0 Å². The van der Waals surface area contributed by atoms with Crippen molar-refractivity contribution in [3.8, 4) is 11.3 Å². The number of aryl methyl sites for hydroxylation is 1. The van der Waals surface area contributed by atoms with E-state index in [0.717, 1.165) is 31.2 Å². The maximum Gasteiger partial charge on any atom is 0.248 e. The van der Waals surface area contributed by atoms with Crippen LogP contribution >= 0.6 is 0 Å². The van der Waals surface area contributed by atoms with Crippen LogP contribution in [0.1, 0.15) is 62.6 Å². The van der Waals surface area contributed by atoms with Crippen LogP contribution in [0.15, 0.2) is 51.7 Å². The van der Waals surface area contributed by atoms with Gasteiger partial charge in [-0.2, -0.15) is 0 Å². The minimum absolute atomic E-state index is 0.0557. The van der Waals surface area contributed by atoms with Crippen molar-refractivity contribution in [3.05, 3.63) is 63.8 Å². The molecule has 5 rings (SSSR count). The molecule has 0 radical (unpaired) electrons. The summed E-state index contributed by atoms with van der Waals surface area (Å²) in [7, 11) is 0. The van der Waals surface area contributed by atoms with Gasteiger partial charge in [0.1, 0.15) is 17.4 Å². The number of nitrogens with one attached hydrogen (secondary N) is 1. The van der Waals surface area contributed by atoms with E-state index in [-0.39, 0.29) is 35.3 Å². The number of benzene rings is 2. The number of nitrogens with zero attached hydrogens (tertiary/aromatic N) is 1. The second-order valence-corrected chi connectivity index (χ2v) is 9.05. The molecule has 1 atom stereocenters. The molecule has 0 spiro atoms. The first kappa shape index (κ1) is 21.4. The minimum Gasteiger partial charge on any atom is -0.455 e. The first-order chi connectivity index (χ1) is 16.0. The summed E-state index contributed by atoms with van der Waals surface area (Å²) in [6.45, 7) is 3.68. The maximum absolute atomic E-state index is 13.8. The van der Waals surface area contributed by atoms with Crippen LogP contribution in [0.3, 0.4) is 0 Å². The standard InChI is InChI=1S/C27H28N2O4/c1-3-22(30)29-20-12-8-7-11-18(20)26-23(24(29)27(32)28-17-9-5-4-6-10-17)25(31)19-15-16(2)13-14-21(19)33-26/h7-8,11-15,17,24H,3-6,9-10H2,1-2H3,(H,28,32). The molecule has 2 aliphatic rings. The molecular weight excluding hydrogens is 416 g/mol. The Bertz CT molecular complexity index is 1300. The van der Waals surface area contributed by atoms with E-state index in [0.29, 0.717) is 28.0 Å². The molecule has 33 heavy (non-hydrogen) atoms. The molecule has 1 unspecified atom stereocenters. The summed E-state index contributed by atoms with van der Waals surface area (Å²) in [6.07, 6.45) is 5.35. The number of carbonyl (C=O) groups is 2. The van der Waals surface area contributed by atoms with E-state index in [1.165, 1.54) is 11.3 Å². The molecule has 0 bridgehead atoms. The highest BCUT2D eigenvalue weighted by Crippen LogP contribution is 2.45. The summed E-state index contributed by atoms with van der Waals surface area (Å²) in [5.74, 6) is -0.157. The summed E-state index contributed by atoms with van der Waals surface area (Å²) in [6, 6.07) is 11.8. The second kappa shape index (κ2) is 8.50. The highest BCUT2D eigenvalue weighted by molar-refractivity contribution is 6.07. The number of rotatable bonds is 3. The first-order valence-corrected chi connectivity index (χ1v) is 11.8. The lowest BCUT2D eigenvalue weighted by Gasteiger charge is -2.37. The molecule has 1 fully saturated rings. The fourth-order valence-electron chi connectivity index (χ4n) is 5.14. The number of hydrogen-bond acceptors (Lipinski definition) is 4. The van der Waals surface area contributed by atoms with Crippen molar-refractivity contribution in [1.82, 2.24) is 5.32 Å².